The summed E-state index contributed by atoms with van der Waals surface area (Å²) in [7, 11) is -3.84. The molecule has 0 aromatic heterocycles. The second-order valence-electron chi connectivity index (χ2n) is 9.40. The van der Waals surface area contributed by atoms with Crippen LogP contribution in [-0.2, 0) is 32.6 Å². The summed E-state index contributed by atoms with van der Waals surface area (Å²) in [6, 6.07) is 22.3. The lowest BCUT2D eigenvalue weighted by molar-refractivity contribution is -0.140. The molecule has 0 saturated carbocycles. The summed E-state index contributed by atoms with van der Waals surface area (Å²) >= 11 is 9.63. The van der Waals surface area contributed by atoms with E-state index in [9.17, 15) is 18.0 Å². The van der Waals surface area contributed by atoms with E-state index in [1.807, 2.05) is 50.2 Å². The number of carbonyl (C=O) groups is 2. The van der Waals surface area contributed by atoms with Gasteiger partial charge in [-0.25, -0.2) is 8.42 Å². The Hall–Kier alpha value is -2.88. The van der Waals surface area contributed by atoms with Gasteiger partial charge in [-0.3, -0.25) is 13.9 Å². The number of amides is 2. The molecule has 7 nitrogen and oxygen atoms in total. The first kappa shape index (κ1) is 30.7. The lowest BCUT2D eigenvalue weighted by Crippen LogP contribution is -2.54. The Morgan fingerprint density at radius 3 is 2.23 bits per heavy atom. The second kappa shape index (κ2) is 14.0. The van der Waals surface area contributed by atoms with Crippen molar-refractivity contribution in [2.24, 2.45) is 0 Å². The van der Waals surface area contributed by atoms with Crippen molar-refractivity contribution in [2.75, 3.05) is 17.1 Å². The van der Waals surface area contributed by atoms with Crippen LogP contribution >= 0.6 is 27.5 Å². The van der Waals surface area contributed by atoms with E-state index in [1.165, 1.54) is 4.90 Å². The maximum absolute atomic E-state index is 14.1. The number of halogens is 2. The molecule has 1 N–H and O–H groups in total. The topological polar surface area (TPSA) is 86.8 Å². The fourth-order valence-corrected chi connectivity index (χ4v) is 5.77. The normalized spacial score (nSPS) is 12.8. The number of benzene rings is 3. The fourth-order valence-electron chi connectivity index (χ4n) is 4.08. The lowest BCUT2D eigenvalue weighted by atomic mass is 10.0. The minimum atomic E-state index is -3.84. The summed E-state index contributed by atoms with van der Waals surface area (Å²) in [6.07, 6.45) is 2.03. The molecule has 0 aliphatic carbocycles. The van der Waals surface area contributed by atoms with Crippen molar-refractivity contribution < 1.29 is 18.0 Å². The fraction of sp³-hybridized carbons (Fsp3) is 0.310. The first-order chi connectivity index (χ1) is 18.5. The molecule has 2 amide bonds. The summed E-state index contributed by atoms with van der Waals surface area (Å²) < 4.78 is 27.3. The van der Waals surface area contributed by atoms with Crippen LogP contribution in [-0.4, -0.2) is 50.0 Å². The van der Waals surface area contributed by atoms with Gasteiger partial charge in [0.2, 0.25) is 21.8 Å². The highest BCUT2D eigenvalue weighted by Gasteiger charge is 2.33. The molecule has 0 saturated heterocycles. The van der Waals surface area contributed by atoms with Gasteiger partial charge in [0.05, 0.1) is 11.9 Å². The number of anilines is 1. The van der Waals surface area contributed by atoms with Gasteiger partial charge in [-0.15, -0.1) is 0 Å². The van der Waals surface area contributed by atoms with Crippen LogP contribution in [0.5, 0.6) is 0 Å². The zero-order valence-corrected chi connectivity index (χ0v) is 25.3. The van der Waals surface area contributed by atoms with Crippen molar-refractivity contribution >= 4 is 55.1 Å². The molecule has 0 aliphatic rings. The van der Waals surface area contributed by atoms with E-state index in [2.05, 4.69) is 21.2 Å². The highest BCUT2D eigenvalue weighted by Crippen LogP contribution is 2.28. The molecule has 0 fully saturated rings. The number of rotatable bonds is 12. The molecule has 10 heteroatoms. The molecular weight excluding hydrogens is 602 g/mol. The molecule has 3 rings (SSSR count). The SMILES string of the molecule is CC[C@H](C)NC(=O)[C@H](Cc1ccccc1)N(Cc1cccc(Cl)c1)C(=O)CN(c1ccccc1Br)S(C)(=O)=O. The van der Waals surface area contributed by atoms with E-state index in [4.69, 9.17) is 11.6 Å². The average Bonchev–Trinajstić information content (AvgIpc) is 2.89. The molecule has 208 valence electrons. The third-order valence-corrected chi connectivity index (χ3v) is 8.35. The third kappa shape index (κ3) is 8.81. The van der Waals surface area contributed by atoms with Crippen LogP contribution in [0.3, 0.4) is 0 Å². The van der Waals surface area contributed by atoms with Crippen LogP contribution in [0.25, 0.3) is 0 Å². The smallest absolute Gasteiger partial charge is 0.244 e. The summed E-state index contributed by atoms with van der Waals surface area (Å²) in [4.78, 5) is 29.2. The Balaban J connectivity index is 2.07. The Morgan fingerprint density at radius 2 is 1.62 bits per heavy atom. The Bertz CT molecular complexity index is 1390. The number of para-hydroxylation sites is 1. The zero-order valence-electron chi connectivity index (χ0n) is 22.2. The van der Waals surface area contributed by atoms with Crippen molar-refractivity contribution in [3.8, 4) is 0 Å². The summed E-state index contributed by atoms with van der Waals surface area (Å²) in [5, 5.41) is 3.50. The van der Waals surface area contributed by atoms with Gasteiger partial charge >= 0.3 is 0 Å². The molecule has 0 spiro atoms. The maximum Gasteiger partial charge on any atom is 0.244 e. The Labute approximate surface area is 244 Å². The molecule has 2 atom stereocenters. The zero-order chi connectivity index (χ0) is 28.6. The molecule has 0 unspecified atom stereocenters. The van der Waals surface area contributed by atoms with Gasteiger partial charge in [-0.2, -0.15) is 0 Å². The second-order valence-corrected chi connectivity index (χ2v) is 12.6. The largest absolute Gasteiger partial charge is 0.352 e. The van der Waals surface area contributed by atoms with E-state index >= 15 is 0 Å². The summed E-state index contributed by atoms with van der Waals surface area (Å²) in [5.74, 6) is -0.827. The number of nitrogens with one attached hydrogen (secondary N) is 1. The molecule has 0 heterocycles. The highest BCUT2D eigenvalue weighted by atomic mass is 79.9. The van der Waals surface area contributed by atoms with Gasteiger partial charge in [0.1, 0.15) is 12.6 Å². The van der Waals surface area contributed by atoms with Crippen molar-refractivity contribution in [3.63, 3.8) is 0 Å². The molecule has 0 bridgehead atoms. The third-order valence-electron chi connectivity index (χ3n) is 6.31. The van der Waals surface area contributed by atoms with E-state index in [1.54, 1.807) is 42.5 Å². The van der Waals surface area contributed by atoms with Gasteiger partial charge < -0.3 is 10.2 Å². The Morgan fingerprint density at radius 1 is 0.974 bits per heavy atom. The van der Waals surface area contributed by atoms with Gasteiger partial charge in [-0.05, 0) is 64.7 Å². The summed E-state index contributed by atoms with van der Waals surface area (Å²) in [6.45, 7) is 3.45. The van der Waals surface area contributed by atoms with E-state index in [0.717, 1.165) is 28.1 Å². The van der Waals surface area contributed by atoms with Crippen LogP contribution in [0.1, 0.15) is 31.4 Å². The summed E-state index contributed by atoms with van der Waals surface area (Å²) in [5.41, 5.74) is 1.92. The van der Waals surface area contributed by atoms with E-state index < -0.39 is 28.5 Å². The lowest BCUT2D eigenvalue weighted by Gasteiger charge is -2.34. The molecule has 39 heavy (non-hydrogen) atoms. The van der Waals surface area contributed by atoms with Crippen molar-refractivity contribution in [2.45, 2.75) is 45.3 Å². The average molecular weight is 635 g/mol. The monoisotopic (exact) mass is 633 g/mol. The van der Waals surface area contributed by atoms with Gasteiger partial charge in [0.15, 0.2) is 0 Å². The molecule has 0 aliphatic heterocycles. The van der Waals surface area contributed by atoms with Crippen LogP contribution in [0, 0.1) is 0 Å². The molecule has 3 aromatic carbocycles. The number of carbonyl (C=O) groups excluding carboxylic acids is 2. The van der Waals surface area contributed by atoms with Crippen LogP contribution in [0.15, 0.2) is 83.3 Å². The Kier molecular flexibility index (Phi) is 11.0. The standard InChI is InChI=1S/C29H33BrClN3O4S/c1-4-21(2)32-29(36)27(18-22-11-6-5-7-12-22)33(19-23-13-10-14-24(31)17-23)28(35)20-34(39(3,37)38)26-16-9-8-15-25(26)30/h5-17,21,27H,4,18-20H2,1-3H3,(H,32,36)/t21-,27-/m0/s1. The quantitative estimate of drug-likeness (QED) is 0.288. The number of nitrogens with zero attached hydrogens (tertiary/aromatic N) is 2. The number of hydrogen-bond acceptors (Lipinski definition) is 4. The number of sulfonamides is 1. The first-order valence-corrected chi connectivity index (χ1v) is 15.6. The first-order valence-electron chi connectivity index (χ1n) is 12.6. The minimum Gasteiger partial charge on any atom is -0.352 e. The van der Waals surface area contributed by atoms with Gasteiger partial charge in [0.25, 0.3) is 0 Å². The van der Waals surface area contributed by atoms with Gasteiger partial charge in [-0.1, -0.05) is 73.1 Å². The molecule has 3 aromatic rings. The highest BCUT2D eigenvalue weighted by molar-refractivity contribution is 9.10. The number of hydrogen-bond donors (Lipinski definition) is 1. The maximum atomic E-state index is 14.1. The van der Waals surface area contributed by atoms with Crippen molar-refractivity contribution in [1.29, 1.82) is 0 Å². The van der Waals surface area contributed by atoms with Crippen LogP contribution in [0.4, 0.5) is 5.69 Å². The van der Waals surface area contributed by atoms with E-state index in [0.29, 0.717) is 15.2 Å². The minimum absolute atomic E-state index is 0.0678. The van der Waals surface area contributed by atoms with Crippen LogP contribution in [0.2, 0.25) is 5.02 Å². The van der Waals surface area contributed by atoms with Crippen LogP contribution < -0.4 is 9.62 Å². The van der Waals surface area contributed by atoms with Crippen molar-refractivity contribution in [3.05, 3.63) is 99.5 Å². The molecule has 0 radical (unpaired) electrons. The predicted octanol–water partition coefficient (Wildman–Crippen LogP) is 5.42. The predicted molar refractivity (Wildman–Crippen MR) is 160 cm³/mol. The van der Waals surface area contributed by atoms with Crippen molar-refractivity contribution in [1.82, 2.24) is 10.2 Å². The van der Waals surface area contributed by atoms with Gasteiger partial charge in [0, 0.05) is 28.5 Å². The van der Waals surface area contributed by atoms with E-state index in [-0.39, 0.29) is 24.9 Å². The molecular formula is C29H33BrClN3O4S.